The number of halogens is 3. The molecule has 0 heterocycles. The van der Waals surface area contributed by atoms with Crippen LogP contribution in [0.2, 0.25) is 0 Å². The number of methoxy groups -OCH3 is 1. The number of rotatable bonds is 14. The summed E-state index contributed by atoms with van der Waals surface area (Å²) in [6, 6.07) is 10.3. The van der Waals surface area contributed by atoms with Gasteiger partial charge in [-0.05, 0) is 55.7 Å². The van der Waals surface area contributed by atoms with Crippen LogP contribution in [-0.4, -0.2) is 57.6 Å². The van der Waals surface area contributed by atoms with Gasteiger partial charge in [0.05, 0.1) is 24.6 Å². The summed E-state index contributed by atoms with van der Waals surface area (Å²) in [5.74, 6) is -0.0639. The maximum Gasteiger partial charge on any atom is 0.416 e. The van der Waals surface area contributed by atoms with Crippen molar-refractivity contribution in [3.05, 3.63) is 59.7 Å². The number of hydrogen-bond acceptors (Lipinski definition) is 5. The van der Waals surface area contributed by atoms with Crippen molar-refractivity contribution in [3.8, 4) is 5.75 Å². The van der Waals surface area contributed by atoms with Crippen molar-refractivity contribution in [2.75, 3.05) is 30.8 Å². The van der Waals surface area contributed by atoms with E-state index in [1.807, 2.05) is 6.92 Å². The number of ether oxygens (including phenoxy) is 1. The standard InChI is InChI=1S/C27H36F3N3O5S/c1-5-6-16-31-26(35)20(2)32(19-21-12-14-24(38-3)15-13-21)25(34)11-8-17-33(39(4,36)37)23-10-7-9-22(18-23)27(28,29)30/h7,9-10,12-15,18,20H,5-6,8,11,16-17,19H2,1-4H3,(H,31,35). The van der Waals surface area contributed by atoms with E-state index >= 15 is 0 Å². The number of nitrogens with zero attached hydrogens (tertiary/aromatic N) is 2. The van der Waals surface area contributed by atoms with E-state index < -0.39 is 27.8 Å². The Kier molecular flexibility index (Phi) is 11.6. The molecule has 12 heteroatoms. The Hall–Kier alpha value is -3.28. The van der Waals surface area contributed by atoms with Crippen molar-refractivity contribution in [3.63, 3.8) is 0 Å². The summed E-state index contributed by atoms with van der Waals surface area (Å²) in [4.78, 5) is 27.5. The van der Waals surface area contributed by atoms with Gasteiger partial charge in [-0.15, -0.1) is 0 Å². The number of unbranched alkanes of at least 4 members (excludes halogenated alkanes) is 1. The van der Waals surface area contributed by atoms with Crippen LogP contribution in [0.1, 0.15) is 50.7 Å². The topological polar surface area (TPSA) is 96.0 Å². The van der Waals surface area contributed by atoms with Crippen LogP contribution in [0.5, 0.6) is 5.75 Å². The number of nitrogens with one attached hydrogen (secondary N) is 1. The third kappa shape index (κ3) is 9.76. The number of amides is 2. The Morgan fingerprint density at radius 2 is 1.74 bits per heavy atom. The van der Waals surface area contributed by atoms with Crippen molar-refractivity contribution < 1.29 is 35.9 Å². The highest BCUT2D eigenvalue weighted by Gasteiger charge is 2.32. The minimum Gasteiger partial charge on any atom is -0.497 e. The first-order chi connectivity index (χ1) is 18.3. The Morgan fingerprint density at radius 1 is 1.08 bits per heavy atom. The molecule has 0 saturated heterocycles. The summed E-state index contributed by atoms with van der Waals surface area (Å²) in [7, 11) is -2.40. The van der Waals surface area contributed by atoms with Crippen molar-refractivity contribution in [1.29, 1.82) is 0 Å². The molecule has 0 aliphatic heterocycles. The average Bonchev–Trinajstić information content (AvgIpc) is 2.88. The lowest BCUT2D eigenvalue weighted by Crippen LogP contribution is -2.48. The minimum absolute atomic E-state index is 0.0332. The molecule has 0 aromatic heterocycles. The molecule has 0 bridgehead atoms. The van der Waals surface area contributed by atoms with Crippen molar-refractivity contribution in [2.45, 2.75) is 58.3 Å². The Bertz CT molecular complexity index is 1200. The lowest BCUT2D eigenvalue weighted by molar-refractivity contribution is -0.140. The highest BCUT2D eigenvalue weighted by molar-refractivity contribution is 7.92. The number of alkyl halides is 3. The molecule has 1 atom stereocenters. The van der Waals surface area contributed by atoms with E-state index in [2.05, 4.69) is 5.32 Å². The number of sulfonamides is 1. The molecule has 0 aliphatic rings. The molecule has 2 aromatic rings. The van der Waals surface area contributed by atoms with Crippen LogP contribution >= 0.6 is 0 Å². The van der Waals surface area contributed by atoms with Crippen molar-refractivity contribution in [1.82, 2.24) is 10.2 Å². The zero-order valence-corrected chi connectivity index (χ0v) is 23.4. The molecule has 1 unspecified atom stereocenters. The van der Waals surface area contributed by atoms with E-state index in [0.717, 1.165) is 47.2 Å². The number of anilines is 1. The molecule has 0 radical (unpaired) electrons. The van der Waals surface area contributed by atoms with E-state index in [9.17, 15) is 31.2 Å². The molecule has 0 fully saturated rings. The molecule has 0 saturated carbocycles. The third-order valence-corrected chi connectivity index (χ3v) is 7.32. The van der Waals surface area contributed by atoms with Crippen LogP contribution in [0, 0.1) is 0 Å². The summed E-state index contributed by atoms with van der Waals surface area (Å²) in [5.41, 5.74) is -0.351. The highest BCUT2D eigenvalue weighted by atomic mass is 32.2. The van der Waals surface area contributed by atoms with Gasteiger partial charge in [0.2, 0.25) is 21.8 Å². The summed E-state index contributed by atoms with van der Waals surface area (Å²) in [5, 5.41) is 2.82. The van der Waals surface area contributed by atoms with E-state index in [4.69, 9.17) is 4.74 Å². The summed E-state index contributed by atoms with van der Waals surface area (Å²) in [6.07, 6.45) is -2.13. The van der Waals surface area contributed by atoms with Gasteiger partial charge in [0.25, 0.3) is 0 Å². The number of carbonyl (C=O) groups is 2. The third-order valence-electron chi connectivity index (χ3n) is 6.12. The lowest BCUT2D eigenvalue weighted by atomic mass is 10.1. The van der Waals surface area contributed by atoms with Crippen molar-refractivity contribution >= 4 is 27.5 Å². The second-order valence-corrected chi connectivity index (χ2v) is 11.1. The molecule has 2 amide bonds. The van der Waals surface area contributed by atoms with Crippen LogP contribution in [-0.2, 0) is 32.3 Å². The molecule has 2 aromatic carbocycles. The van der Waals surface area contributed by atoms with E-state index in [1.165, 1.54) is 18.1 Å². The molecule has 39 heavy (non-hydrogen) atoms. The fraction of sp³-hybridized carbons (Fsp3) is 0.481. The molecule has 2 rings (SSSR count). The van der Waals surface area contributed by atoms with Gasteiger partial charge in [-0.1, -0.05) is 31.5 Å². The Balaban J connectivity index is 2.20. The van der Waals surface area contributed by atoms with Crippen LogP contribution in [0.15, 0.2) is 48.5 Å². The highest BCUT2D eigenvalue weighted by Crippen LogP contribution is 2.32. The number of carbonyl (C=O) groups excluding carboxylic acids is 2. The summed E-state index contributed by atoms with van der Waals surface area (Å²) < 4.78 is 70.4. The fourth-order valence-electron chi connectivity index (χ4n) is 3.89. The van der Waals surface area contributed by atoms with Gasteiger partial charge >= 0.3 is 6.18 Å². The first kappa shape index (κ1) is 31.9. The van der Waals surface area contributed by atoms with Gasteiger partial charge < -0.3 is 15.0 Å². The first-order valence-corrected chi connectivity index (χ1v) is 14.5. The van der Waals surface area contributed by atoms with Crippen LogP contribution in [0.3, 0.4) is 0 Å². The number of benzene rings is 2. The largest absolute Gasteiger partial charge is 0.497 e. The summed E-state index contributed by atoms with van der Waals surface area (Å²) >= 11 is 0. The maximum absolute atomic E-state index is 13.3. The van der Waals surface area contributed by atoms with Crippen molar-refractivity contribution in [2.24, 2.45) is 0 Å². The van der Waals surface area contributed by atoms with Gasteiger partial charge in [0, 0.05) is 26.1 Å². The second-order valence-electron chi connectivity index (χ2n) is 9.18. The second kappa shape index (κ2) is 14.2. The smallest absolute Gasteiger partial charge is 0.416 e. The van der Waals surface area contributed by atoms with E-state index in [1.54, 1.807) is 31.2 Å². The SMILES string of the molecule is CCCCNC(=O)C(C)N(Cc1ccc(OC)cc1)C(=O)CCCN(c1cccc(C(F)(F)F)c1)S(C)(=O)=O. The fourth-order valence-corrected chi connectivity index (χ4v) is 4.84. The van der Waals surface area contributed by atoms with Gasteiger partial charge in [-0.2, -0.15) is 13.2 Å². The molecule has 216 valence electrons. The molecular weight excluding hydrogens is 535 g/mol. The molecule has 1 N–H and O–H groups in total. The van der Waals surface area contributed by atoms with Gasteiger partial charge in [0.1, 0.15) is 11.8 Å². The van der Waals surface area contributed by atoms with Gasteiger partial charge in [-0.25, -0.2) is 8.42 Å². The Morgan fingerprint density at radius 3 is 2.31 bits per heavy atom. The van der Waals surface area contributed by atoms with Crippen LogP contribution < -0.4 is 14.4 Å². The van der Waals surface area contributed by atoms with E-state index in [0.29, 0.717) is 12.3 Å². The molecular formula is C27H36F3N3O5S. The summed E-state index contributed by atoms with van der Waals surface area (Å²) in [6.45, 7) is 4.01. The average molecular weight is 572 g/mol. The predicted molar refractivity (Wildman–Crippen MR) is 144 cm³/mol. The normalized spacial score (nSPS) is 12.5. The van der Waals surface area contributed by atoms with Gasteiger partial charge in [-0.3, -0.25) is 13.9 Å². The zero-order chi connectivity index (χ0) is 29.2. The zero-order valence-electron chi connectivity index (χ0n) is 22.6. The van der Waals surface area contributed by atoms with Crippen LogP contribution in [0.25, 0.3) is 0 Å². The lowest BCUT2D eigenvalue weighted by Gasteiger charge is -2.29. The quantitative estimate of drug-likeness (QED) is 0.335. The molecule has 0 aliphatic carbocycles. The van der Waals surface area contributed by atoms with E-state index in [-0.39, 0.29) is 43.4 Å². The maximum atomic E-state index is 13.3. The Labute approximate surface area is 228 Å². The monoisotopic (exact) mass is 571 g/mol. The van der Waals surface area contributed by atoms with Crippen LogP contribution in [0.4, 0.5) is 18.9 Å². The van der Waals surface area contributed by atoms with Gasteiger partial charge in [0.15, 0.2) is 0 Å². The minimum atomic E-state index is -4.63. The number of hydrogen-bond donors (Lipinski definition) is 1. The molecule has 0 spiro atoms. The molecule has 8 nitrogen and oxygen atoms in total. The predicted octanol–water partition coefficient (Wildman–Crippen LogP) is 4.59. The first-order valence-electron chi connectivity index (χ1n) is 12.6.